The molecule has 1 aliphatic rings. The van der Waals surface area contributed by atoms with Gasteiger partial charge < -0.3 is 9.64 Å². The lowest BCUT2D eigenvalue weighted by molar-refractivity contribution is -0.142. The average Bonchev–Trinajstić information content (AvgIpc) is 2.67. The van der Waals surface area contributed by atoms with E-state index in [1.54, 1.807) is 35.2 Å². The van der Waals surface area contributed by atoms with Gasteiger partial charge in [0.05, 0.1) is 5.56 Å². The largest absolute Gasteiger partial charge is 0.444 e. The highest BCUT2D eigenvalue weighted by Gasteiger charge is 2.31. The first-order chi connectivity index (χ1) is 12.6. The van der Waals surface area contributed by atoms with E-state index in [2.05, 4.69) is 0 Å². The Hall–Kier alpha value is -2.76. The molecule has 0 saturated carbocycles. The minimum atomic E-state index is -1.16. The Morgan fingerprint density at radius 1 is 0.962 bits per heavy atom. The van der Waals surface area contributed by atoms with Crippen LogP contribution in [0.4, 0.5) is 8.78 Å². The SMILES string of the molecule is O=C(O[C@@H](C(=O)N1CCCCC1)c1ccccc1)c1ccc(F)cc1F. The van der Waals surface area contributed by atoms with Crippen molar-refractivity contribution in [1.82, 2.24) is 4.90 Å². The minimum absolute atomic E-state index is 0.327. The summed E-state index contributed by atoms with van der Waals surface area (Å²) in [6, 6.07) is 11.2. The molecule has 1 heterocycles. The fourth-order valence-corrected chi connectivity index (χ4v) is 2.99. The van der Waals surface area contributed by atoms with Crippen LogP contribution in [0.2, 0.25) is 0 Å². The number of nitrogens with zero attached hydrogens (tertiary/aromatic N) is 1. The summed E-state index contributed by atoms with van der Waals surface area (Å²) in [4.78, 5) is 27.0. The van der Waals surface area contributed by atoms with E-state index >= 15 is 0 Å². The number of ether oxygens (including phenoxy) is 1. The van der Waals surface area contributed by atoms with Gasteiger partial charge in [-0.1, -0.05) is 30.3 Å². The summed E-state index contributed by atoms with van der Waals surface area (Å²) < 4.78 is 32.3. The summed E-state index contributed by atoms with van der Waals surface area (Å²) >= 11 is 0. The molecule has 0 aliphatic carbocycles. The predicted molar refractivity (Wildman–Crippen MR) is 91.4 cm³/mol. The van der Waals surface area contributed by atoms with Gasteiger partial charge in [-0.3, -0.25) is 4.79 Å². The maximum Gasteiger partial charge on any atom is 0.342 e. The molecule has 0 aromatic heterocycles. The van der Waals surface area contributed by atoms with E-state index in [0.29, 0.717) is 24.7 Å². The van der Waals surface area contributed by atoms with Crippen LogP contribution >= 0.6 is 0 Å². The van der Waals surface area contributed by atoms with Crippen LogP contribution in [0.25, 0.3) is 0 Å². The molecule has 1 aliphatic heterocycles. The molecule has 1 saturated heterocycles. The number of hydrogen-bond donors (Lipinski definition) is 0. The van der Waals surface area contributed by atoms with Crippen molar-refractivity contribution < 1.29 is 23.1 Å². The number of halogens is 2. The van der Waals surface area contributed by atoms with Crippen molar-refractivity contribution >= 4 is 11.9 Å². The summed E-state index contributed by atoms with van der Waals surface area (Å²) in [6.07, 6.45) is 1.69. The second-order valence-corrected chi connectivity index (χ2v) is 6.21. The Balaban J connectivity index is 1.85. The first-order valence-electron chi connectivity index (χ1n) is 8.56. The molecule has 4 nitrogen and oxygen atoms in total. The number of hydrogen-bond acceptors (Lipinski definition) is 3. The van der Waals surface area contributed by atoms with Crippen molar-refractivity contribution in [1.29, 1.82) is 0 Å². The van der Waals surface area contributed by atoms with Crippen LogP contribution in [0.1, 0.15) is 41.3 Å². The highest BCUT2D eigenvalue weighted by Crippen LogP contribution is 2.24. The Morgan fingerprint density at radius 2 is 1.65 bits per heavy atom. The van der Waals surface area contributed by atoms with E-state index in [9.17, 15) is 18.4 Å². The zero-order chi connectivity index (χ0) is 18.5. The summed E-state index contributed by atoms with van der Waals surface area (Å²) in [5.74, 6) is -3.14. The quantitative estimate of drug-likeness (QED) is 0.779. The first kappa shape index (κ1) is 18.0. The number of rotatable bonds is 4. The Bertz CT molecular complexity index is 789. The zero-order valence-corrected chi connectivity index (χ0v) is 14.2. The number of likely N-dealkylation sites (tertiary alicyclic amines) is 1. The highest BCUT2D eigenvalue weighted by atomic mass is 19.1. The average molecular weight is 359 g/mol. The second kappa shape index (κ2) is 8.08. The lowest BCUT2D eigenvalue weighted by atomic mass is 10.1. The molecule has 0 N–H and O–H groups in total. The normalized spacial score (nSPS) is 15.4. The van der Waals surface area contributed by atoms with Gasteiger partial charge in [0, 0.05) is 24.7 Å². The van der Waals surface area contributed by atoms with Gasteiger partial charge in [0.15, 0.2) is 0 Å². The third-order valence-electron chi connectivity index (χ3n) is 4.37. The van der Waals surface area contributed by atoms with E-state index in [4.69, 9.17) is 4.74 Å². The molecule has 0 bridgehead atoms. The van der Waals surface area contributed by atoms with Gasteiger partial charge in [0.25, 0.3) is 5.91 Å². The van der Waals surface area contributed by atoms with E-state index < -0.39 is 29.3 Å². The van der Waals surface area contributed by atoms with Crippen molar-refractivity contribution in [2.75, 3.05) is 13.1 Å². The van der Waals surface area contributed by atoms with Crippen LogP contribution in [-0.2, 0) is 9.53 Å². The van der Waals surface area contributed by atoms with Crippen LogP contribution < -0.4 is 0 Å². The van der Waals surface area contributed by atoms with E-state index in [0.717, 1.165) is 31.4 Å². The number of carbonyl (C=O) groups is 2. The van der Waals surface area contributed by atoms with E-state index in [1.165, 1.54) is 0 Å². The number of esters is 1. The smallest absolute Gasteiger partial charge is 0.342 e. The molecule has 1 atom stereocenters. The molecule has 6 heteroatoms. The molecule has 0 unspecified atom stereocenters. The molecule has 2 aromatic carbocycles. The van der Waals surface area contributed by atoms with Gasteiger partial charge in [0.2, 0.25) is 6.10 Å². The standard InChI is InChI=1S/C20H19F2NO3/c21-15-9-10-16(17(22)13-15)20(25)26-18(14-7-3-1-4-8-14)19(24)23-11-5-2-6-12-23/h1,3-4,7-10,13,18H,2,5-6,11-12H2/t18-/m1/s1. The summed E-state index contributed by atoms with van der Waals surface area (Å²) in [5, 5.41) is 0. The van der Waals surface area contributed by atoms with Crippen molar-refractivity contribution in [3.05, 3.63) is 71.3 Å². The Morgan fingerprint density at radius 3 is 2.31 bits per heavy atom. The molecular weight excluding hydrogens is 340 g/mol. The van der Waals surface area contributed by atoms with Crippen LogP contribution in [0.15, 0.2) is 48.5 Å². The van der Waals surface area contributed by atoms with Gasteiger partial charge in [-0.2, -0.15) is 0 Å². The third kappa shape index (κ3) is 4.07. The fraction of sp³-hybridized carbons (Fsp3) is 0.300. The van der Waals surface area contributed by atoms with Gasteiger partial charge in [-0.15, -0.1) is 0 Å². The van der Waals surface area contributed by atoms with E-state index in [-0.39, 0.29) is 5.91 Å². The van der Waals surface area contributed by atoms with Crippen molar-refractivity contribution in [2.24, 2.45) is 0 Å². The topological polar surface area (TPSA) is 46.6 Å². The van der Waals surface area contributed by atoms with Gasteiger partial charge in [-0.05, 0) is 31.4 Å². The van der Waals surface area contributed by atoms with Gasteiger partial charge in [-0.25, -0.2) is 13.6 Å². The summed E-state index contributed by atoms with van der Waals surface area (Å²) in [7, 11) is 0. The van der Waals surface area contributed by atoms with Crippen molar-refractivity contribution in [2.45, 2.75) is 25.4 Å². The maximum atomic E-state index is 13.9. The van der Waals surface area contributed by atoms with Gasteiger partial charge >= 0.3 is 5.97 Å². The molecule has 0 radical (unpaired) electrons. The van der Waals surface area contributed by atoms with Crippen molar-refractivity contribution in [3.8, 4) is 0 Å². The predicted octanol–water partition coefficient (Wildman–Crippen LogP) is 3.88. The maximum absolute atomic E-state index is 13.9. The van der Waals surface area contributed by atoms with E-state index in [1.807, 2.05) is 0 Å². The molecule has 3 rings (SSSR count). The molecular formula is C20H19F2NO3. The molecule has 2 aromatic rings. The van der Waals surface area contributed by atoms with Crippen LogP contribution in [0.3, 0.4) is 0 Å². The number of amides is 1. The lowest BCUT2D eigenvalue weighted by Crippen LogP contribution is -2.40. The summed E-state index contributed by atoms with van der Waals surface area (Å²) in [6.45, 7) is 1.20. The number of benzene rings is 2. The van der Waals surface area contributed by atoms with Crippen LogP contribution in [-0.4, -0.2) is 29.9 Å². The van der Waals surface area contributed by atoms with Gasteiger partial charge in [0.1, 0.15) is 11.6 Å². The number of piperidine rings is 1. The highest BCUT2D eigenvalue weighted by molar-refractivity contribution is 5.93. The van der Waals surface area contributed by atoms with Crippen molar-refractivity contribution in [3.63, 3.8) is 0 Å². The molecule has 136 valence electrons. The molecule has 0 spiro atoms. The Labute approximate surface area is 150 Å². The second-order valence-electron chi connectivity index (χ2n) is 6.21. The molecule has 26 heavy (non-hydrogen) atoms. The fourth-order valence-electron chi connectivity index (χ4n) is 2.99. The van der Waals surface area contributed by atoms with Crippen LogP contribution in [0.5, 0.6) is 0 Å². The van der Waals surface area contributed by atoms with Crippen LogP contribution in [0, 0.1) is 11.6 Å². The summed E-state index contributed by atoms with van der Waals surface area (Å²) in [5.41, 5.74) is 0.109. The molecule has 1 fully saturated rings. The molecule has 1 amide bonds. The monoisotopic (exact) mass is 359 g/mol. The zero-order valence-electron chi connectivity index (χ0n) is 14.2. The third-order valence-corrected chi connectivity index (χ3v) is 4.37. The first-order valence-corrected chi connectivity index (χ1v) is 8.56. The minimum Gasteiger partial charge on any atom is -0.444 e. The Kier molecular flexibility index (Phi) is 5.61. The lowest BCUT2D eigenvalue weighted by Gasteiger charge is -2.30. The number of carbonyl (C=O) groups excluding carboxylic acids is 2.